The van der Waals surface area contributed by atoms with Gasteiger partial charge in [0.1, 0.15) is 6.20 Å². The molecule has 9 nitrogen and oxygen atoms in total. The van der Waals surface area contributed by atoms with Gasteiger partial charge in [0, 0.05) is 11.9 Å². The van der Waals surface area contributed by atoms with Gasteiger partial charge in [-0.25, -0.2) is 4.79 Å². The third-order valence-electron chi connectivity index (χ3n) is 3.08. The van der Waals surface area contributed by atoms with Gasteiger partial charge >= 0.3 is 11.8 Å². The number of hydrogen-bond acceptors (Lipinski definition) is 7. The van der Waals surface area contributed by atoms with E-state index in [-0.39, 0.29) is 24.8 Å². The lowest BCUT2D eigenvalue weighted by molar-refractivity contribution is -0.389. The zero-order valence-corrected chi connectivity index (χ0v) is 10.9. The number of nitro groups is 1. The lowest BCUT2D eigenvalue weighted by Crippen LogP contribution is -2.50. The number of nitrogens with zero attached hydrogens (tertiary/aromatic N) is 4. The molecule has 3 heterocycles. The van der Waals surface area contributed by atoms with Crippen molar-refractivity contribution in [1.29, 1.82) is 0 Å². The van der Waals surface area contributed by atoms with E-state index in [4.69, 9.17) is 4.74 Å². The Hall–Kier alpha value is -2.20. The van der Waals surface area contributed by atoms with Gasteiger partial charge < -0.3 is 24.9 Å². The number of fused-ring (bicyclic) bond motifs is 1. The molecule has 3 rings (SSSR count). The van der Waals surface area contributed by atoms with Gasteiger partial charge in [0.25, 0.3) is 4.96 Å². The maximum atomic E-state index is 11.3. The summed E-state index contributed by atoms with van der Waals surface area (Å²) < 4.78 is 6.48. The molecular weight excluding hydrogens is 288 g/mol. The van der Waals surface area contributed by atoms with Crippen LogP contribution in [0.1, 0.15) is 0 Å². The molecule has 0 aliphatic carbocycles. The number of thiazole rings is 1. The number of morpholine rings is 1. The molecule has 1 unspecified atom stereocenters. The molecule has 20 heavy (non-hydrogen) atoms. The molecule has 0 aromatic carbocycles. The Bertz CT molecular complexity index is 680. The first-order valence-electron chi connectivity index (χ1n) is 5.76. The van der Waals surface area contributed by atoms with Gasteiger partial charge in [-0.2, -0.15) is 9.38 Å². The molecule has 106 valence electrons. The van der Waals surface area contributed by atoms with Gasteiger partial charge in [0.05, 0.1) is 13.2 Å². The van der Waals surface area contributed by atoms with E-state index in [9.17, 15) is 20.0 Å². The average Bonchev–Trinajstić information content (AvgIpc) is 2.97. The molecule has 0 saturated carbocycles. The van der Waals surface area contributed by atoms with Crippen molar-refractivity contribution in [3.8, 4) is 0 Å². The summed E-state index contributed by atoms with van der Waals surface area (Å²) in [5.74, 6) is -1.22. The number of imidazole rings is 1. The van der Waals surface area contributed by atoms with Crippen LogP contribution in [-0.4, -0.2) is 51.2 Å². The van der Waals surface area contributed by atoms with Crippen LogP contribution < -0.4 is 4.90 Å². The lowest BCUT2D eigenvalue weighted by atomic mass is 10.2. The van der Waals surface area contributed by atoms with Gasteiger partial charge in [-0.1, -0.05) is 11.3 Å². The SMILES string of the molecule is O=C(O)C1COCCN1c1nc2sccn2c1[N+](=O)[O-]. The molecule has 1 atom stereocenters. The number of aliphatic carboxylic acids is 1. The zero-order chi connectivity index (χ0) is 14.3. The molecule has 0 amide bonds. The first-order chi connectivity index (χ1) is 9.59. The van der Waals surface area contributed by atoms with E-state index in [0.717, 1.165) is 0 Å². The minimum Gasteiger partial charge on any atom is -0.480 e. The van der Waals surface area contributed by atoms with E-state index in [0.29, 0.717) is 11.6 Å². The fourth-order valence-electron chi connectivity index (χ4n) is 2.19. The van der Waals surface area contributed by atoms with Crippen LogP contribution in [0.4, 0.5) is 11.6 Å². The van der Waals surface area contributed by atoms with Crippen molar-refractivity contribution in [3.63, 3.8) is 0 Å². The van der Waals surface area contributed by atoms with E-state index < -0.39 is 16.9 Å². The van der Waals surface area contributed by atoms with Crippen LogP contribution >= 0.6 is 11.3 Å². The second-order valence-corrected chi connectivity index (χ2v) is 5.07. The quantitative estimate of drug-likeness (QED) is 0.652. The highest BCUT2D eigenvalue weighted by atomic mass is 32.1. The molecule has 2 aromatic rings. The second kappa shape index (κ2) is 4.72. The van der Waals surface area contributed by atoms with E-state index >= 15 is 0 Å². The molecule has 1 aliphatic rings. The second-order valence-electron chi connectivity index (χ2n) is 4.19. The van der Waals surface area contributed by atoms with E-state index in [1.165, 1.54) is 20.6 Å². The number of rotatable bonds is 3. The minimum atomic E-state index is -1.09. The van der Waals surface area contributed by atoms with E-state index in [1.54, 1.807) is 11.6 Å². The summed E-state index contributed by atoms with van der Waals surface area (Å²) in [6.07, 6.45) is 1.55. The molecule has 10 heteroatoms. The van der Waals surface area contributed by atoms with E-state index in [1.807, 2.05) is 0 Å². The molecule has 1 saturated heterocycles. The summed E-state index contributed by atoms with van der Waals surface area (Å²) in [5.41, 5.74) is 0. The third-order valence-corrected chi connectivity index (χ3v) is 3.83. The normalized spacial score (nSPS) is 19.4. The summed E-state index contributed by atoms with van der Waals surface area (Å²) >= 11 is 1.26. The van der Waals surface area contributed by atoms with Crippen molar-refractivity contribution in [3.05, 3.63) is 21.7 Å². The zero-order valence-electron chi connectivity index (χ0n) is 10.1. The predicted molar refractivity (Wildman–Crippen MR) is 69.3 cm³/mol. The molecule has 0 radical (unpaired) electrons. The van der Waals surface area contributed by atoms with Gasteiger partial charge in [-0.3, -0.25) is 0 Å². The third kappa shape index (κ3) is 1.89. The fraction of sp³-hybridized carbons (Fsp3) is 0.400. The van der Waals surface area contributed by atoms with Crippen molar-refractivity contribution < 1.29 is 19.6 Å². The van der Waals surface area contributed by atoms with Gasteiger partial charge in [0.2, 0.25) is 5.82 Å². The van der Waals surface area contributed by atoms with Crippen LogP contribution in [0, 0.1) is 10.1 Å². The Morgan fingerprint density at radius 2 is 2.45 bits per heavy atom. The Labute approximate surface area is 116 Å². The highest BCUT2D eigenvalue weighted by molar-refractivity contribution is 7.15. The van der Waals surface area contributed by atoms with Crippen LogP contribution in [0.5, 0.6) is 0 Å². The van der Waals surface area contributed by atoms with Crippen molar-refractivity contribution in [2.24, 2.45) is 0 Å². The first kappa shape index (κ1) is 12.8. The number of carboxylic acids is 1. The minimum absolute atomic E-state index is 0.0162. The summed E-state index contributed by atoms with van der Waals surface area (Å²) in [6, 6.07) is -0.966. The van der Waals surface area contributed by atoms with E-state index in [2.05, 4.69) is 4.98 Å². The van der Waals surface area contributed by atoms with Crippen LogP contribution in [0.25, 0.3) is 4.96 Å². The number of ether oxygens (including phenoxy) is 1. The van der Waals surface area contributed by atoms with Crippen LogP contribution in [0.15, 0.2) is 11.6 Å². The standard InChI is InChI=1S/C10H10N4O5S/c15-9(16)6-5-19-3-1-12(6)7-8(14(17)18)13-2-4-20-10(13)11-7/h2,4,6H,1,3,5H2,(H,15,16). The summed E-state index contributed by atoms with van der Waals surface area (Å²) in [5, 5.41) is 22.1. The number of anilines is 1. The van der Waals surface area contributed by atoms with Crippen molar-refractivity contribution in [1.82, 2.24) is 9.38 Å². The number of carbonyl (C=O) groups is 1. The van der Waals surface area contributed by atoms with Crippen molar-refractivity contribution in [2.45, 2.75) is 6.04 Å². The molecular formula is C10H10N4O5S. The number of hydrogen-bond donors (Lipinski definition) is 1. The average molecular weight is 298 g/mol. The number of aromatic nitrogens is 2. The Kier molecular flexibility index (Phi) is 3.03. The smallest absolute Gasteiger partial charge is 0.373 e. The predicted octanol–water partition coefficient (Wildman–Crippen LogP) is 0.594. The van der Waals surface area contributed by atoms with Crippen LogP contribution in [0.3, 0.4) is 0 Å². The molecule has 0 spiro atoms. The molecule has 1 N–H and O–H groups in total. The molecule has 1 fully saturated rings. The monoisotopic (exact) mass is 298 g/mol. The largest absolute Gasteiger partial charge is 0.480 e. The van der Waals surface area contributed by atoms with Gasteiger partial charge in [0.15, 0.2) is 6.04 Å². The fourth-order valence-corrected chi connectivity index (χ4v) is 2.89. The van der Waals surface area contributed by atoms with Crippen LogP contribution in [0.2, 0.25) is 0 Å². The summed E-state index contributed by atoms with van der Waals surface area (Å²) in [7, 11) is 0. The topological polar surface area (TPSA) is 110 Å². The van der Waals surface area contributed by atoms with Crippen molar-refractivity contribution >= 4 is 33.9 Å². The maximum absolute atomic E-state index is 11.3. The molecule has 2 aromatic heterocycles. The Morgan fingerprint density at radius 1 is 1.65 bits per heavy atom. The Balaban J connectivity index is 2.12. The van der Waals surface area contributed by atoms with Gasteiger partial charge in [-0.05, 0) is 4.92 Å². The number of carboxylic acid groups (broad SMARTS) is 1. The van der Waals surface area contributed by atoms with Gasteiger partial charge in [-0.15, -0.1) is 0 Å². The van der Waals surface area contributed by atoms with Crippen LogP contribution in [-0.2, 0) is 9.53 Å². The highest BCUT2D eigenvalue weighted by Crippen LogP contribution is 2.32. The Morgan fingerprint density at radius 3 is 3.15 bits per heavy atom. The summed E-state index contributed by atoms with van der Waals surface area (Å²) in [4.78, 5) is 28.0. The molecule has 0 bridgehead atoms. The first-order valence-corrected chi connectivity index (χ1v) is 6.64. The lowest BCUT2D eigenvalue weighted by Gasteiger charge is -2.32. The van der Waals surface area contributed by atoms with Crippen molar-refractivity contribution in [2.75, 3.05) is 24.7 Å². The molecule has 1 aliphatic heterocycles. The summed E-state index contributed by atoms with van der Waals surface area (Å²) in [6.45, 7) is 0.548. The highest BCUT2D eigenvalue weighted by Gasteiger charge is 2.36. The maximum Gasteiger partial charge on any atom is 0.373 e.